The molecule has 12 nitrogen and oxygen atoms in total. The molecule has 0 aliphatic carbocycles. The fourth-order valence-corrected chi connectivity index (χ4v) is 4.83. The highest BCUT2D eigenvalue weighted by Gasteiger charge is 2.29. The predicted molar refractivity (Wildman–Crippen MR) is 159 cm³/mol. The maximum absolute atomic E-state index is 15.0. The van der Waals surface area contributed by atoms with Gasteiger partial charge in [-0.15, -0.1) is 0 Å². The number of hydrogen-bond donors (Lipinski definition) is 4. The fourth-order valence-electron chi connectivity index (χ4n) is 4.83. The summed E-state index contributed by atoms with van der Waals surface area (Å²) >= 11 is 0. The first-order valence-electron chi connectivity index (χ1n) is 13.7. The van der Waals surface area contributed by atoms with E-state index in [-0.39, 0.29) is 30.1 Å². The van der Waals surface area contributed by atoms with Crippen molar-refractivity contribution >= 4 is 45.9 Å². The van der Waals surface area contributed by atoms with Crippen LogP contribution in [0.15, 0.2) is 48.9 Å². The Labute approximate surface area is 242 Å². The van der Waals surface area contributed by atoms with Gasteiger partial charge in [-0.05, 0) is 25.2 Å². The number of aromatic amines is 1. The molecular formula is C29H34FN9O3. The number of anilines is 4. The molecule has 4 aromatic rings. The van der Waals surface area contributed by atoms with E-state index in [1.54, 1.807) is 44.5 Å². The van der Waals surface area contributed by atoms with Crippen LogP contribution < -0.4 is 16.0 Å². The number of fused-ring (bicyclic) bond motifs is 1. The predicted octanol–water partition coefficient (Wildman–Crippen LogP) is 3.45. The van der Waals surface area contributed by atoms with Crippen molar-refractivity contribution in [3.8, 4) is 11.3 Å². The van der Waals surface area contributed by atoms with E-state index in [0.29, 0.717) is 40.1 Å². The molecule has 0 radical (unpaired) electrons. The van der Waals surface area contributed by atoms with E-state index in [4.69, 9.17) is 4.74 Å². The number of nitrogens with one attached hydrogen (secondary N) is 4. The molecule has 0 saturated carbocycles. The molecule has 13 heteroatoms. The van der Waals surface area contributed by atoms with Crippen LogP contribution in [0.2, 0.25) is 0 Å². The van der Waals surface area contributed by atoms with Crippen LogP contribution in [0.4, 0.5) is 27.5 Å². The number of likely N-dealkylation sites (N-methyl/N-ethyl adjacent to an activating group) is 1. The Balaban J connectivity index is 1.36. The molecule has 0 bridgehead atoms. The first kappa shape index (κ1) is 29.0. The largest absolute Gasteiger partial charge is 0.383 e. The normalized spacial score (nSPS) is 15.0. The number of H-pyrrole nitrogens is 1. The van der Waals surface area contributed by atoms with Gasteiger partial charge in [0.1, 0.15) is 17.6 Å². The number of piperazine rings is 1. The number of halogens is 1. The number of amides is 2. The van der Waals surface area contributed by atoms with Crippen molar-refractivity contribution in [3.05, 3.63) is 54.7 Å². The molecule has 0 unspecified atom stereocenters. The van der Waals surface area contributed by atoms with Crippen LogP contribution in [-0.2, 0) is 14.3 Å². The van der Waals surface area contributed by atoms with Gasteiger partial charge >= 0.3 is 0 Å². The number of aromatic nitrogens is 4. The zero-order valence-electron chi connectivity index (χ0n) is 23.8. The summed E-state index contributed by atoms with van der Waals surface area (Å²) in [4.78, 5) is 45.2. The molecule has 2 amide bonds. The van der Waals surface area contributed by atoms with Crippen molar-refractivity contribution in [2.45, 2.75) is 19.4 Å². The summed E-state index contributed by atoms with van der Waals surface area (Å²) in [6.07, 6.45) is 4.64. The lowest BCUT2D eigenvalue weighted by molar-refractivity contribution is -0.124. The van der Waals surface area contributed by atoms with Crippen LogP contribution in [0.5, 0.6) is 0 Å². The molecule has 1 atom stereocenters. The summed E-state index contributed by atoms with van der Waals surface area (Å²) in [6.45, 7) is 5.33. The third-order valence-corrected chi connectivity index (χ3v) is 7.19. The minimum Gasteiger partial charge on any atom is -0.383 e. The van der Waals surface area contributed by atoms with Crippen LogP contribution in [0.1, 0.15) is 13.3 Å². The third kappa shape index (κ3) is 6.54. The van der Waals surface area contributed by atoms with Crippen molar-refractivity contribution in [2.24, 2.45) is 0 Å². The van der Waals surface area contributed by atoms with Gasteiger partial charge < -0.3 is 30.6 Å². The highest BCUT2D eigenvalue weighted by atomic mass is 19.1. The molecule has 1 aromatic carbocycles. The van der Waals surface area contributed by atoms with E-state index in [1.807, 2.05) is 6.07 Å². The highest BCUT2D eigenvalue weighted by molar-refractivity contribution is 6.06. The molecule has 4 heterocycles. The first-order valence-corrected chi connectivity index (χ1v) is 13.7. The number of methoxy groups -OCH3 is 1. The second-order valence-electron chi connectivity index (χ2n) is 10.1. The Kier molecular flexibility index (Phi) is 9.00. The Morgan fingerprint density at radius 3 is 2.62 bits per heavy atom. The van der Waals surface area contributed by atoms with E-state index in [2.05, 4.69) is 52.7 Å². The van der Waals surface area contributed by atoms with Gasteiger partial charge in [0, 0.05) is 56.9 Å². The molecule has 0 spiro atoms. The number of ether oxygens (including phenoxy) is 1. The fraction of sp³-hybridized carbons (Fsp3) is 0.345. The summed E-state index contributed by atoms with van der Waals surface area (Å²) < 4.78 is 20.4. The average Bonchev–Trinajstić information content (AvgIpc) is 3.43. The zero-order chi connectivity index (χ0) is 29.6. The number of hydrogen-bond acceptors (Lipinski definition) is 9. The quantitative estimate of drug-likeness (QED) is 0.224. The van der Waals surface area contributed by atoms with Crippen LogP contribution in [0, 0.1) is 5.82 Å². The standard InChI is InChI=1S/C29H34FN9O3/c1-4-25(40)36-24-9-8-18(14-31-24)34-29-33-16-21(30)26(37-29)20-15-32-27-19(20)6-5-7-22(27)35-28(41)23(17-42-3)39-12-10-38(2)11-13-39/h5-9,14-16,23,32H,4,10-13,17H2,1-3H3,(H,35,41)(H,31,36,40)(H,33,34,37)/t23-/m1/s1. The number of carbonyl (C=O) groups excluding carboxylic acids is 2. The van der Waals surface area contributed by atoms with Crippen LogP contribution >= 0.6 is 0 Å². The Morgan fingerprint density at radius 2 is 1.90 bits per heavy atom. The summed E-state index contributed by atoms with van der Waals surface area (Å²) in [5.74, 6) is -0.305. The molecular weight excluding hydrogens is 541 g/mol. The van der Waals surface area contributed by atoms with Gasteiger partial charge in [-0.1, -0.05) is 19.1 Å². The first-order chi connectivity index (χ1) is 20.4. The molecule has 4 N–H and O–H groups in total. The lowest BCUT2D eigenvalue weighted by Crippen LogP contribution is -2.54. The molecule has 42 heavy (non-hydrogen) atoms. The molecule has 1 aliphatic heterocycles. The van der Waals surface area contributed by atoms with E-state index in [0.717, 1.165) is 32.4 Å². The number of nitrogens with zero attached hydrogens (tertiary/aromatic N) is 5. The molecule has 220 valence electrons. The number of para-hydroxylation sites is 1. The van der Waals surface area contributed by atoms with E-state index in [9.17, 15) is 9.59 Å². The zero-order valence-corrected chi connectivity index (χ0v) is 23.8. The van der Waals surface area contributed by atoms with Crippen molar-refractivity contribution in [1.29, 1.82) is 0 Å². The number of carbonyl (C=O) groups is 2. The number of benzene rings is 1. The van der Waals surface area contributed by atoms with Gasteiger partial charge in [0.2, 0.25) is 17.8 Å². The second kappa shape index (κ2) is 13.0. The van der Waals surface area contributed by atoms with Gasteiger partial charge in [0.25, 0.3) is 0 Å². The minimum atomic E-state index is -0.595. The summed E-state index contributed by atoms with van der Waals surface area (Å²) in [7, 11) is 3.66. The second-order valence-corrected chi connectivity index (χ2v) is 10.1. The van der Waals surface area contributed by atoms with Crippen LogP contribution in [0.3, 0.4) is 0 Å². The number of pyridine rings is 1. The Bertz CT molecular complexity index is 1550. The SMILES string of the molecule is CCC(=O)Nc1ccc(Nc2ncc(F)c(-c3c[nH]c4c(NC(=O)[C@@H](COC)N5CCN(C)CC5)cccc34)n2)cn1. The van der Waals surface area contributed by atoms with Gasteiger partial charge in [0.15, 0.2) is 5.82 Å². The molecule has 1 fully saturated rings. The maximum atomic E-state index is 15.0. The summed E-state index contributed by atoms with van der Waals surface area (Å²) in [6, 6.07) is 8.37. The summed E-state index contributed by atoms with van der Waals surface area (Å²) in [5, 5.41) is 9.44. The molecule has 1 saturated heterocycles. The lowest BCUT2D eigenvalue weighted by Gasteiger charge is -2.36. The van der Waals surface area contributed by atoms with E-state index in [1.165, 1.54) is 6.20 Å². The molecule has 3 aromatic heterocycles. The maximum Gasteiger partial charge on any atom is 0.244 e. The minimum absolute atomic E-state index is 0.0942. The van der Waals surface area contributed by atoms with Gasteiger partial charge in [-0.25, -0.2) is 19.3 Å². The molecule has 5 rings (SSSR count). The monoisotopic (exact) mass is 575 g/mol. The van der Waals surface area contributed by atoms with E-state index < -0.39 is 11.9 Å². The van der Waals surface area contributed by atoms with Crippen molar-refractivity contribution < 1.29 is 18.7 Å². The van der Waals surface area contributed by atoms with Crippen molar-refractivity contribution in [3.63, 3.8) is 0 Å². The number of rotatable bonds is 10. The van der Waals surface area contributed by atoms with Gasteiger partial charge in [-0.3, -0.25) is 14.5 Å². The van der Waals surface area contributed by atoms with Gasteiger partial charge in [-0.2, -0.15) is 0 Å². The van der Waals surface area contributed by atoms with Crippen LogP contribution in [0.25, 0.3) is 22.2 Å². The Hall–Kier alpha value is -4.46. The average molecular weight is 576 g/mol. The Morgan fingerprint density at radius 1 is 1.10 bits per heavy atom. The van der Waals surface area contributed by atoms with Crippen LogP contribution in [-0.4, -0.2) is 94.5 Å². The smallest absolute Gasteiger partial charge is 0.244 e. The summed E-state index contributed by atoms with van der Waals surface area (Å²) in [5.41, 5.74) is 2.41. The highest BCUT2D eigenvalue weighted by Crippen LogP contribution is 2.33. The van der Waals surface area contributed by atoms with E-state index >= 15 is 4.39 Å². The third-order valence-electron chi connectivity index (χ3n) is 7.19. The molecule has 1 aliphatic rings. The van der Waals surface area contributed by atoms with Crippen molar-refractivity contribution in [1.82, 2.24) is 29.7 Å². The van der Waals surface area contributed by atoms with Crippen molar-refractivity contribution in [2.75, 3.05) is 62.9 Å². The van der Waals surface area contributed by atoms with Gasteiger partial charge in [0.05, 0.1) is 35.9 Å². The topological polar surface area (TPSA) is 140 Å². The lowest BCUT2D eigenvalue weighted by atomic mass is 10.1.